The van der Waals surface area contributed by atoms with Crippen LogP contribution in [0, 0.1) is 29.9 Å². The van der Waals surface area contributed by atoms with Gasteiger partial charge < -0.3 is 10.6 Å². The summed E-state index contributed by atoms with van der Waals surface area (Å²) < 4.78 is 0. The summed E-state index contributed by atoms with van der Waals surface area (Å²) in [6.07, 6.45) is 5.33. The number of nitrogens with one attached hydrogen (secondary N) is 2. The predicted molar refractivity (Wildman–Crippen MR) is 133 cm³/mol. The lowest BCUT2D eigenvalue weighted by Crippen LogP contribution is -2.30. The molecule has 0 saturated heterocycles. The van der Waals surface area contributed by atoms with Crippen molar-refractivity contribution in [1.29, 1.82) is 0 Å². The second-order valence-corrected chi connectivity index (χ2v) is 9.23. The molecule has 5 rings (SSSR count). The van der Waals surface area contributed by atoms with Crippen molar-refractivity contribution in [3.63, 3.8) is 0 Å². The molecule has 1 heterocycles. The van der Waals surface area contributed by atoms with E-state index in [2.05, 4.69) is 48.8 Å². The number of anilines is 1. The van der Waals surface area contributed by atoms with E-state index in [0.29, 0.717) is 18.0 Å². The molecule has 6 nitrogen and oxygen atoms in total. The Hall–Kier alpha value is -3.93. The smallest absolute Gasteiger partial charge is 0.269 e. The fraction of sp³-hybridized carbons (Fsp3) is 0.250. The number of nitrogens with zero attached hydrogens (tertiary/aromatic N) is 1. The molecule has 2 aliphatic rings. The molecular formula is C28H27N3O3. The summed E-state index contributed by atoms with van der Waals surface area (Å²) in [5.74, 6) is 0.406. The Kier molecular flexibility index (Phi) is 5.65. The number of carbonyl (C=O) groups is 1. The van der Waals surface area contributed by atoms with E-state index in [9.17, 15) is 14.9 Å². The molecule has 1 aliphatic carbocycles. The van der Waals surface area contributed by atoms with Crippen molar-refractivity contribution in [2.45, 2.75) is 38.8 Å². The summed E-state index contributed by atoms with van der Waals surface area (Å²) in [5.41, 5.74) is 7.44. The largest absolute Gasteiger partial charge is 0.378 e. The van der Waals surface area contributed by atoms with E-state index in [1.807, 2.05) is 36.4 Å². The van der Waals surface area contributed by atoms with E-state index < -0.39 is 0 Å². The fourth-order valence-electron chi connectivity index (χ4n) is 5.07. The van der Waals surface area contributed by atoms with Gasteiger partial charge in [0, 0.05) is 35.8 Å². The van der Waals surface area contributed by atoms with Crippen molar-refractivity contribution in [3.8, 4) is 0 Å². The summed E-state index contributed by atoms with van der Waals surface area (Å²) >= 11 is 0. The van der Waals surface area contributed by atoms with E-state index in [0.717, 1.165) is 28.8 Å². The molecule has 0 bridgehead atoms. The third kappa shape index (κ3) is 4.07. The minimum absolute atomic E-state index is 0.0535. The van der Waals surface area contributed by atoms with Crippen LogP contribution in [0.5, 0.6) is 0 Å². The number of rotatable bonds is 5. The van der Waals surface area contributed by atoms with E-state index in [-0.39, 0.29) is 28.5 Å². The molecule has 2 N–H and O–H groups in total. The number of hydrogen-bond acceptors (Lipinski definition) is 4. The number of carbonyl (C=O) groups excluding carboxylic acids is 1. The average molecular weight is 454 g/mol. The third-order valence-electron chi connectivity index (χ3n) is 7.11. The number of fused-ring (bicyclic) bond motifs is 3. The molecule has 6 heteroatoms. The lowest BCUT2D eigenvalue weighted by molar-refractivity contribution is -0.384. The monoisotopic (exact) mass is 453 g/mol. The Labute approximate surface area is 198 Å². The van der Waals surface area contributed by atoms with Crippen LogP contribution in [0.1, 0.15) is 56.6 Å². The number of benzene rings is 3. The van der Waals surface area contributed by atoms with Crippen molar-refractivity contribution < 1.29 is 9.72 Å². The molecule has 1 amide bonds. The molecule has 3 aromatic rings. The third-order valence-corrected chi connectivity index (χ3v) is 7.11. The van der Waals surface area contributed by atoms with Crippen LogP contribution in [-0.4, -0.2) is 10.8 Å². The zero-order valence-electron chi connectivity index (χ0n) is 19.2. The zero-order chi connectivity index (χ0) is 23.8. The molecule has 3 aromatic carbocycles. The Bertz CT molecular complexity index is 1300. The maximum Gasteiger partial charge on any atom is 0.269 e. The SMILES string of the molecule is Cc1ccc(CNC(=O)c2ccc3c(c2)[C@@H]2C=CC[C@H]2[C@@H](c2ccc([N+](=O)[O-])cc2)N3)cc1C. The van der Waals surface area contributed by atoms with Gasteiger partial charge in [-0.1, -0.05) is 42.5 Å². The van der Waals surface area contributed by atoms with Gasteiger partial charge >= 0.3 is 0 Å². The summed E-state index contributed by atoms with van der Waals surface area (Å²) in [6, 6.07) is 18.9. The van der Waals surface area contributed by atoms with E-state index in [1.165, 1.54) is 11.1 Å². The summed E-state index contributed by atoms with van der Waals surface area (Å²) in [4.78, 5) is 23.6. The summed E-state index contributed by atoms with van der Waals surface area (Å²) in [5, 5.41) is 17.7. The Morgan fingerprint density at radius 3 is 2.59 bits per heavy atom. The highest BCUT2D eigenvalue weighted by Crippen LogP contribution is 2.50. The standard InChI is InChI=1S/C28H27N3O3/c1-17-6-7-19(14-18(17)2)16-29-28(32)21-10-13-26-25(15-21)23-4-3-5-24(23)27(30-26)20-8-11-22(12-9-20)31(33)34/h3-4,6-15,23-24,27,30H,5,16H2,1-2H3,(H,29,32)/t23-,24-,27-/m1/s1. The zero-order valence-corrected chi connectivity index (χ0v) is 19.2. The first-order chi connectivity index (χ1) is 16.4. The van der Waals surface area contributed by atoms with Gasteiger partial charge in [0.1, 0.15) is 0 Å². The lowest BCUT2D eigenvalue weighted by atomic mass is 9.76. The van der Waals surface area contributed by atoms with Crippen LogP contribution < -0.4 is 10.6 Å². The summed E-state index contributed by atoms with van der Waals surface area (Å²) in [6.45, 7) is 4.64. The molecule has 0 fully saturated rings. The molecule has 0 unspecified atom stereocenters. The molecule has 0 spiro atoms. The van der Waals surface area contributed by atoms with E-state index in [4.69, 9.17) is 0 Å². The average Bonchev–Trinajstić information content (AvgIpc) is 3.34. The maximum atomic E-state index is 12.9. The topological polar surface area (TPSA) is 84.3 Å². The van der Waals surface area contributed by atoms with Crippen LogP contribution in [0.3, 0.4) is 0 Å². The van der Waals surface area contributed by atoms with Crippen molar-refractivity contribution in [3.05, 3.63) is 116 Å². The van der Waals surface area contributed by atoms with Gasteiger partial charge in [-0.15, -0.1) is 0 Å². The number of allylic oxidation sites excluding steroid dienone is 2. The van der Waals surface area contributed by atoms with Crippen molar-refractivity contribution in [2.75, 3.05) is 5.32 Å². The fourth-order valence-corrected chi connectivity index (χ4v) is 5.07. The van der Waals surface area contributed by atoms with Gasteiger partial charge in [-0.3, -0.25) is 14.9 Å². The molecular weight excluding hydrogens is 426 g/mol. The number of aryl methyl sites for hydroxylation is 2. The molecule has 0 radical (unpaired) electrons. The number of nitro benzene ring substituents is 1. The first-order valence-electron chi connectivity index (χ1n) is 11.6. The minimum atomic E-state index is -0.375. The molecule has 172 valence electrons. The quantitative estimate of drug-likeness (QED) is 0.283. The lowest BCUT2D eigenvalue weighted by Gasteiger charge is -2.37. The molecule has 34 heavy (non-hydrogen) atoms. The normalized spacial score (nSPS) is 20.2. The molecule has 0 saturated carbocycles. The second-order valence-electron chi connectivity index (χ2n) is 9.23. The van der Waals surface area contributed by atoms with Gasteiger partial charge in [-0.25, -0.2) is 0 Å². The van der Waals surface area contributed by atoms with Crippen molar-refractivity contribution in [2.24, 2.45) is 5.92 Å². The second kappa shape index (κ2) is 8.78. The highest BCUT2D eigenvalue weighted by Gasteiger charge is 2.38. The van der Waals surface area contributed by atoms with Gasteiger partial charge in [0.25, 0.3) is 11.6 Å². The van der Waals surface area contributed by atoms with Crippen LogP contribution in [0.4, 0.5) is 11.4 Å². The molecule has 0 aromatic heterocycles. The first kappa shape index (κ1) is 21.9. The highest BCUT2D eigenvalue weighted by atomic mass is 16.6. The van der Waals surface area contributed by atoms with E-state index >= 15 is 0 Å². The van der Waals surface area contributed by atoms with Gasteiger partial charge in [0.15, 0.2) is 0 Å². The van der Waals surface area contributed by atoms with Gasteiger partial charge in [0.05, 0.1) is 11.0 Å². The van der Waals surface area contributed by atoms with Crippen LogP contribution in [0.25, 0.3) is 0 Å². The van der Waals surface area contributed by atoms with Crippen molar-refractivity contribution in [1.82, 2.24) is 5.32 Å². The first-order valence-corrected chi connectivity index (χ1v) is 11.6. The Morgan fingerprint density at radius 1 is 1.06 bits per heavy atom. The highest BCUT2D eigenvalue weighted by molar-refractivity contribution is 5.95. The number of nitro groups is 1. The summed E-state index contributed by atoms with van der Waals surface area (Å²) in [7, 11) is 0. The van der Waals surface area contributed by atoms with Crippen LogP contribution in [0.15, 0.2) is 72.8 Å². The number of non-ortho nitro benzene ring substituents is 1. The van der Waals surface area contributed by atoms with Crippen LogP contribution in [-0.2, 0) is 6.54 Å². The molecule has 3 atom stereocenters. The Balaban J connectivity index is 1.36. The van der Waals surface area contributed by atoms with Gasteiger partial charge in [-0.2, -0.15) is 0 Å². The molecule has 1 aliphatic heterocycles. The van der Waals surface area contributed by atoms with Crippen LogP contribution in [0.2, 0.25) is 0 Å². The van der Waals surface area contributed by atoms with Gasteiger partial charge in [-0.05, 0) is 72.2 Å². The number of hydrogen-bond donors (Lipinski definition) is 2. The van der Waals surface area contributed by atoms with Crippen LogP contribution >= 0.6 is 0 Å². The Morgan fingerprint density at radius 2 is 1.85 bits per heavy atom. The van der Waals surface area contributed by atoms with Gasteiger partial charge in [0.2, 0.25) is 0 Å². The minimum Gasteiger partial charge on any atom is -0.378 e. The number of amides is 1. The predicted octanol–water partition coefficient (Wildman–Crippen LogP) is 5.97. The maximum absolute atomic E-state index is 12.9. The van der Waals surface area contributed by atoms with Crippen molar-refractivity contribution >= 4 is 17.3 Å². The van der Waals surface area contributed by atoms with E-state index in [1.54, 1.807) is 12.1 Å².